The third kappa shape index (κ3) is 6.08. The van der Waals surface area contributed by atoms with Gasteiger partial charge in [-0.15, -0.1) is 0 Å². The molecule has 0 spiro atoms. The number of rotatable bonds is 6. The first-order chi connectivity index (χ1) is 12.0. The Kier molecular flexibility index (Phi) is 6.77. The van der Waals surface area contributed by atoms with Gasteiger partial charge in [-0.25, -0.2) is 9.18 Å². The molecule has 2 rings (SSSR count). The molecule has 0 aliphatic heterocycles. The zero-order valence-electron chi connectivity index (χ0n) is 13.7. The third-order valence-corrected chi connectivity index (χ3v) is 3.73. The molecule has 2 aromatic rings. The number of urea groups is 1. The van der Waals surface area contributed by atoms with E-state index in [4.69, 9.17) is 11.6 Å². The minimum atomic E-state index is -0.414. The van der Waals surface area contributed by atoms with E-state index in [1.165, 1.54) is 24.1 Å². The van der Waals surface area contributed by atoms with Crippen molar-refractivity contribution in [1.29, 1.82) is 0 Å². The number of benzene rings is 2. The second-order valence-corrected chi connectivity index (χ2v) is 5.75. The number of nitrogens with zero attached hydrogens (tertiary/aromatic N) is 1. The number of anilines is 1. The summed E-state index contributed by atoms with van der Waals surface area (Å²) in [7, 11) is 1.29. The van der Waals surface area contributed by atoms with Crippen molar-refractivity contribution in [2.24, 2.45) is 0 Å². The highest BCUT2D eigenvalue weighted by Gasteiger charge is 2.16. The highest BCUT2D eigenvalue weighted by Crippen LogP contribution is 2.15. The van der Waals surface area contributed by atoms with Gasteiger partial charge < -0.3 is 15.0 Å². The van der Waals surface area contributed by atoms with Gasteiger partial charge in [-0.1, -0.05) is 23.7 Å². The maximum Gasteiger partial charge on any atom is 0.322 e. The van der Waals surface area contributed by atoms with Gasteiger partial charge in [0.05, 0.1) is 13.5 Å². The molecule has 25 heavy (non-hydrogen) atoms. The van der Waals surface area contributed by atoms with Crippen LogP contribution in [0.15, 0.2) is 48.5 Å². The molecule has 0 fully saturated rings. The number of nitrogens with one attached hydrogen (secondary N) is 1. The minimum absolute atomic E-state index is 0.0612. The van der Waals surface area contributed by atoms with Crippen molar-refractivity contribution < 1.29 is 18.7 Å². The molecule has 0 unspecified atom stereocenters. The predicted molar refractivity (Wildman–Crippen MR) is 93.9 cm³/mol. The Morgan fingerprint density at radius 2 is 1.76 bits per heavy atom. The predicted octanol–water partition coefficient (Wildman–Crippen LogP) is 4.08. The quantitative estimate of drug-likeness (QED) is 0.786. The summed E-state index contributed by atoms with van der Waals surface area (Å²) in [5, 5.41) is 3.31. The molecule has 0 atom stereocenters. The summed E-state index contributed by atoms with van der Waals surface area (Å²) in [6.07, 6.45) is 0.0612. The SMILES string of the molecule is COC(=O)CCN(Cc1ccc(F)cc1)C(=O)Nc1ccc(Cl)cc1. The van der Waals surface area contributed by atoms with Gasteiger partial charge in [0.25, 0.3) is 0 Å². The van der Waals surface area contributed by atoms with Crippen LogP contribution >= 0.6 is 11.6 Å². The lowest BCUT2D eigenvalue weighted by atomic mass is 10.2. The summed E-state index contributed by atoms with van der Waals surface area (Å²) >= 11 is 5.83. The van der Waals surface area contributed by atoms with E-state index in [2.05, 4.69) is 10.1 Å². The van der Waals surface area contributed by atoms with Crippen LogP contribution < -0.4 is 5.32 Å². The molecule has 132 valence electrons. The molecule has 2 amide bonds. The van der Waals surface area contributed by atoms with E-state index in [0.717, 1.165) is 5.56 Å². The maximum atomic E-state index is 13.0. The van der Waals surface area contributed by atoms with Crippen LogP contribution in [0.3, 0.4) is 0 Å². The number of ether oxygens (including phenoxy) is 1. The van der Waals surface area contributed by atoms with Gasteiger partial charge in [0.2, 0.25) is 0 Å². The van der Waals surface area contributed by atoms with Crippen LogP contribution in [0.4, 0.5) is 14.9 Å². The van der Waals surface area contributed by atoms with Crippen molar-refractivity contribution in [3.63, 3.8) is 0 Å². The molecular formula is C18H18ClFN2O3. The van der Waals surface area contributed by atoms with Crippen molar-refractivity contribution in [1.82, 2.24) is 4.90 Å². The van der Waals surface area contributed by atoms with Crippen LogP contribution in [0.1, 0.15) is 12.0 Å². The molecule has 0 aromatic heterocycles. The Morgan fingerprint density at radius 1 is 1.12 bits per heavy atom. The van der Waals surface area contributed by atoms with Crippen molar-refractivity contribution in [3.8, 4) is 0 Å². The number of hydrogen-bond acceptors (Lipinski definition) is 3. The molecule has 2 aromatic carbocycles. The molecule has 0 saturated carbocycles. The summed E-state index contributed by atoms with van der Waals surface area (Å²) in [5.74, 6) is -0.765. The molecule has 0 bridgehead atoms. The zero-order valence-corrected chi connectivity index (χ0v) is 14.4. The molecule has 0 aliphatic rings. The molecule has 0 aliphatic carbocycles. The minimum Gasteiger partial charge on any atom is -0.469 e. The highest BCUT2D eigenvalue weighted by atomic mass is 35.5. The average Bonchev–Trinajstić information content (AvgIpc) is 2.61. The van der Waals surface area contributed by atoms with Crippen LogP contribution in [-0.4, -0.2) is 30.6 Å². The average molecular weight is 365 g/mol. The molecule has 0 heterocycles. The number of carbonyl (C=O) groups is 2. The first-order valence-electron chi connectivity index (χ1n) is 7.60. The first-order valence-corrected chi connectivity index (χ1v) is 7.98. The second kappa shape index (κ2) is 9.03. The van der Waals surface area contributed by atoms with Crippen LogP contribution in [-0.2, 0) is 16.1 Å². The molecule has 1 N–H and O–H groups in total. The van der Waals surface area contributed by atoms with Crippen LogP contribution in [0, 0.1) is 5.82 Å². The molecule has 0 saturated heterocycles. The van der Waals surface area contributed by atoms with E-state index in [-0.39, 0.29) is 31.4 Å². The van der Waals surface area contributed by atoms with E-state index in [1.54, 1.807) is 36.4 Å². The summed E-state index contributed by atoms with van der Waals surface area (Å²) in [4.78, 5) is 25.4. The van der Waals surface area contributed by atoms with Gasteiger partial charge in [-0.3, -0.25) is 4.79 Å². The van der Waals surface area contributed by atoms with E-state index in [0.29, 0.717) is 10.7 Å². The Balaban J connectivity index is 2.08. The van der Waals surface area contributed by atoms with Gasteiger partial charge >= 0.3 is 12.0 Å². The Hall–Kier alpha value is -2.60. The van der Waals surface area contributed by atoms with Crippen molar-refractivity contribution in [2.75, 3.05) is 19.0 Å². The lowest BCUT2D eigenvalue weighted by Gasteiger charge is -2.23. The summed E-state index contributed by atoms with van der Waals surface area (Å²) < 4.78 is 17.7. The highest BCUT2D eigenvalue weighted by molar-refractivity contribution is 6.30. The number of halogens is 2. The number of methoxy groups -OCH3 is 1. The van der Waals surface area contributed by atoms with E-state index < -0.39 is 5.97 Å². The van der Waals surface area contributed by atoms with E-state index in [9.17, 15) is 14.0 Å². The third-order valence-electron chi connectivity index (χ3n) is 3.48. The van der Waals surface area contributed by atoms with Crippen molar-refractivity contribution in [2.45, 2.75) is 13.0 Å². The zero-order chi connectivity index (χ0) is 18.2. The Morgan fingerprint density at radius 3 is 2.36 bits per heavy atom. The maximum absolute atomic E-state index is 13.0. The van der Waals surface area contributed by atoms with Gasteiger partial charge in [0, 0.05) is 23.8 Å². The molecule has 0 radical (unpaired) electrons. The van der Waals surface area contributed by atoms with Gasteiger partial charge in [-0.05, 0) is 42.0 Å². The van der Waals surface area contributed by atoms with E-state index >= 15 is 0 Å². The van der Waals surface area contributed by atoms with Crippen molar-refractivity contribution >= 4 is 29.3 Å². The normalized spacial score (nSPS) is 10.2. The first kappa shape index (κ1) is 18.7. The Labute approximate surface area is 150 Å². The number of esters is 1. The molecule has 7 heteroatoms. The molecular weight excluding hydrogens is 347 g/mol. The number of carbonyl (C=O) groups excluding carboxylic acids is 2. The largest absolute Gasteiger partial charge is 0.469 e. The van der Waals surface area contributed by atoms with Crippen LogP contribution in [0.5, 0.6) is 0 Å². The standard InChI is InChI=1S/C18H18ClFN2O3/c1-25-17(23)10-11-22(12-13-2-6-15(20)7-3-13)18(24)21-16-8-4-14(19)5-9-16/h2-9H,10-12H2,1H3,(H,21,24). The fourth-order valence-electron chi connectivity index (χ4n) is 2.13. The Bertz CT molecular complexity index is 720. The lowest BCUT2D eigenvalue weighted by Crippen LogP contribution is -2.36. The summed E-state index contributed by atoms with van der Waals surface area (Å²) in [5.41, 5.74) is 1.33. The van der Waals surface area contributed by atoms with Gasteiger partial charge in [0.15, 0.2) is 0 Å². The number of amides is 2. The van der Waals surface area contributed by atoms with Crippen LogP contribution in [0.2, 0.25) is 5.02 Å². The lowest BCUT2D eigenvalue weighted by molar-refractivity contribution is -0.140. The second-order valence-electron chi connectivity index (χ2n) is 5.31. The van der Waals surface area contributed by atoms with Crippen LogP contribution in [0.25, 0.3) is 0 Å². The van der Waals surface area contributed by atoms with Gasteiger partial charge in [0.1, 0.15) is 5.82 Å². The fourth-order valence-corrected chi connectivity index (χ4v) is 2.25. The smallest absolute Gasteiger partial charge is 0.322 e. The number of hydrogen-bond donors (Lipinski definition) is 1. The summed E-state index contributed by atoms with van der Waals surface area (Å²) in [6.45, 7) is 0.403. The summed E-state index contributed by atoms with van der Waals surface area (Å²) in [6, 6.07) is 12.1. The fraction of sp³-hybridized carbons (Fsp3) is 0.222. The monoisotopic (exact) mass is 364 g/mol. The van der Waals surface area contributed by atoms with Crippen molar-refractivity contribution in [3.05, 3.63) is 64.9 Å². The van der Waals surface area contributed by atoms with E-state index in [1.807, 2.05) is 0 Å². The topological polar surface area (TPSA) is 58.6 Å². The molecule has 5 nitrogen and oxygen atoms in total. The van der Waals surface area contributed by atoms with Gasteiger partial charge in [-0.2, -0.15) is 0 Å².